The fourth-order valence-corrected chi connectivity index (χ4v) is 3.21. The molecule has 3 heterocycles. The van der Waals surface area contributed by atoms with Crippen LogP contribution >= 0.6 is 15.9 Å². The maximum Gasteiger partial charge on any atom is 0.230 e. The quantitative estimate of drug-likeness (QED) is 0.848. The van der Waals surface area contributed by atoms with Crippen molar-refractivity contribution in [2.75, 3.05) is 13.2 Å². The molecule has 1 atom stereocenters. The van der Waals surface area contributed by atoms with Gasteiger partial charge in [-0.3, -0.25) is 4.68 Å². The Morgan fingerprint density at radius 2 is 2.29 bits per heavy atom. The first-order valence-electron chi connectivity index (χ1n) is 7.56. The summed E-state index contributed by atoms with van der Waals surface area (Å²) < 4.78 is 14.2. The highest BCUT2D eigenvalue weighted by Gasteiger charge is 2.22. The molecule has 2 aromatic rings. The van der Waals surface area contributed by atoms with E-state index < -0.39 is 0 Å². The molecule has 0 aromatic carbocycles. The number of hydrogen-bond donors (Lipinski definition) is 0. The van der Waals surface area contributed by atoms with Crippen molar-refractivity contribution >= 4 is 27.0 Å². The van der Waals surface area contributed by atoms with Crippen LogP contribution in [0.4, 0.5) is 0 Å². The summed E-state index contributed by atoms with van der Waals surface area (Å²) in [6.45, 7) is 2.60. The highest BCUT2D eigenvalue weighted by Crippen LogP contribution is 2.31. The van der Waals surface area contributed by atoms with Gasteiger partial charge in [0.1, 0.15) is 6.10 Å². The van der Waals surface area contributed by atoms with E-state index in [9.17, 15) is 0 Å². The Bertz CT molecular complexity index is 648. The van der Waals surface area contributed by atoms with E-state index in [1.807, 2.05) is 10.7 Å². The monoisotopic (exact) mass is 351 g/mol. The predicted molar refractivity (Wildman–Crippen MR) is 82.4 cm³/mol. The molecule has 0 N–H and O–H groups in total. The lowest BCUT2D eigenvalue weighted by molar-refractivity contribution is 0.114. The first-order chi connectivity index (χ1) is 10.3. The number of halogens is 1. The molecular formula is C15H18BrN3O2. The van der Waals surface area contributed by atoms with Crippen LogP contribution in [0, 0.1) is 5.92 Å². The summed E-state index contributed by atoms with van der Waals surface area (Å²) in [5, 5.41) is 5.62. The average molecular weight is 352 g/mol. The van der Waals surface area contributed by atoms with Crippen LogP contribution in [0.5, 0.6) is 5.88 Å². The van der Waals surface area contributed by atoms with Crippen LogP contribution in [0.25, 0.3) is 11.0 Å². The summed E-state index contributed by atoms with van der Waals surface area (Å²) in [5.41, 5.74) is 0.756. The summed E-state index contributed by atoms with van der Waals surface area (Å²) in [5.74, 6) is 1.23. The number of hydrogen-bond acceptors (Lipinski definition) is 4. The third-order valence-corrected chi connectivity index (χ3v) is 4.83. The van der Waals surface area contributed by atoms with Gasteiger partial charge in [0, 0.05) is 30.7 Å². The summed E-state index contributed by atoms with van der Waals surface area (Å²) in [7, 11) is 0. The second kappa shape index (κ2) is 5.57. The smallest absolute Gasteiger partial charge is 0.230 e. The van der Waals surface area contributed by atoms with Gasteiger partial charge in [0.15, 0.2) is 5.65 Å². The second-order valence-corrected chi connectivity index (χ2v) is 6.79. The van der Waals surface area contributed by atoms with Crippen molar-refractivity contribution in [1.29, 1.82) is 0 Å². The molecule has 1 saturated heterocycles. The minimum Gasteiger partial charge on any atom is -0.474 e. The predicted octanol–water partition coefficient (Wildman–Crippen LogP) is 3.16. The lowest BCUT2D eigenvalue weighted by Gasteiger charge is -2.26. The van der Waals surface area contributed by atoms with E-state index in [-0.39, 0.29) is 0 Å². The Hall–Kier alpha value is -1.14. The van der Waals surface area contributed by atoms with E-state index in [4.69, 9.17) is 9.47 Å². The van der Waals surface area contributed by atoms with Gasteiger partial charge in [-0.15, -0.1) is 0 Å². The van der Waals surface area contributed by atoms with Crippen molar-refractivity contribution < 1.29 is 9.47 Å². The molecule has 2 fully saturated rings. The van der Waals surface area contributed by atoms with Crippen molar-refractivity contribution in [2.45, 2.75) is 38.3 Å². The van der Waals surface area contributed by atoms with Gasteiger partial charge in [-0.2, -0.15) is 10.1 Å². The molecule has 1 aliphatic heterocycles. The molecule has 0 amide bonds. The van der Waals surface area contributed by atoms with Gasteiger partial charge in [-0.05, 0) is 47.7 Å². The fourth-order valence-electron chi connectivity index (χ4n) is 2.78. The zero-order valence-corrected chi connectivity index (χ0v) is 13.4. The van der Waals surface area contributed by atoms with Gasteiger partial charge in [0.25, 0.3) is 0 Å². The van der Waals surface area contributed by atoms with Gasteiger partial charge < -0.3 is 9.47 Å². The van der Waals surface area contributed by atoms with E-state index in [0.29, 0.717) is 17.9 Å². The largest absolute Gasteiger partial charge is 0.474 e. The van der Waals surface area contributed by atoms with Crippen LogP contribution in [-0.4, -0.2) is 34.1 Å². The highest BCUT2D eigenvalue weighted by atomic mass is 79.9. The number of ether oxygens (including phenoxy) is 2. The van der Waals surface area contributed by atoms with Gasteiger partial charge in [0.05, 0.1) is 11.1 Å². The van der Waals surface area contributed by atoms with Crippen LogP contribution in [0.15, 0.2) is 16.7 Å². The number of pyridine rings is 1. The maximum atomic E-state index is 5.90. The summed E-state index contributed by atoms with van der Waals surface area (Å²) in [6.07, 6.45) is 7.00. The van der Waals surface area contributed by atoms with E-state index in [1.165, 1.54) is 6.42 Å². The minimum absolute atomic E-state index is 0.323. The van der Waals surface area contributed by atoms with E-state index in [0.717, 1.165) is 54.5 Å². The highest BCUT2D eigenvalue weighted by molar-refractivity contribution is 9.10. The summed E-state index contributed by atoms with van der Waals surface area (Å²) >= 11 is 3.55. The van der Waals surface area contributed by atoms with E-state index in [1.54, 1.807) is 0 Å². The molecule has 1 unspecified atom stereocenters. The van der Waals surface area contributed by atoms with Gasteiger partial charge >= 0.3 is 0 Å². The molecule has 21 heavy (non-hydrogen) atoms. The minimum atomic E-state index is 0.323. The molecule has 0 radical (unpaired) electrons. The van der Waals surface area contributed by atoms with Crippen LogP contribution in [0.1, 0.15) is 25.7 Å². The molecule has 0 bridgehead atoms. The van der Waals surface area contributed by atoms with Gasteiger partial charge in [-0.25, -0.2) is 0 Å². The Balaban J connectivity index is 1.57. The van der Waals surface area contributed by atoms with Crippen LogP contribution < -0.4 is 4.74 Å². The zero-order valence-electron chi connectivity index (χ0n) is 11.8. The number of rotatable bonds is 4. The summed E-state index contributed by atoms with van der Waals surface area (Å²) in [6, 6.07) is 2.05. The van der Waals surface area contributed by atoms with Gasteiger partial charge in [-0.1, -0.05) is 0 Å². The zero-order chi connectivity index (χ0) is 14.2. The van der Waals surface area contributed by atoms with Crippen molar-refractivity contribution in [1.82, 2.24) is 14.8 Å². The standard InChI is InChI=1S/C15H18BrN3O2/c16-13-6-11-8-19(7-10-4-5-20-9-10)18-14(11)17-15(13)21-12-2-1-3-12/h6,8,10,12H,1-5,7,9H2. The fraction of sp³-hybridized carbons (Fsp3) is 0.600. The van der Waals surface area contributed by atoms with E-state index in [2.05, 4.69) is 32.2 Å². The van der Waals surface area contributed by atoms with Gasteiger partial charge in [0.2, 0.25) is 5.88 Å². The molecule has 0 spiro atoms. The van der Waals surface area contributed by atoms with Crippen molar-refractivity contribution in [3.8, 4) is 5.88 Å². The Morgan fingerprint density at radius 3 is 3.00 bits per heavy atom. The first kappa shape index (κ1) is 13.5. The Labute approximate surface area is 131 Å². The maximum absolute atomic E-state index is 5.90. The van der Waals surface area contributed by atoms with Crippen LogP contribution in [0.3, 0.4) is 0 Å². The molecule has 2 aromatic heterocycles. The molecule has 1 aliphatic carbocycles. The van der Waals surface area contributed by atoms with Crippen LogP contribution in [-0.2, 0) is 11.3 Å². The Kier molecular flexibility index (Phi) is 3.59. The van der Waals surface area contributed by atoms with Crippen molar-refractivity contribution in [3.63, 3.8) is 0 Å². The molecule has 112 valence electrons. The lowest BCUT2D eigenvalue weighted by Crippen LogP contribution is -2.25. The van der Waals surface area contributed by atoms with Crippen molar-refractivity contribution in [3.05, 3.63) is 16.7 Å². The Morgan fingerprint density at radius 1 is 1.38 bits per heavy atom. The lowest BCUT2D eigenvalue weighted by atomic mass is 9.96. The molecular weight excluding hydrogens is 334 g/mol. The molecule has 6 heteroatoms. The molecule has 5 nitrogen and oxygen atoms in total. The second-order valence-electron chi connectivity index (χ2n) is 5.94. The molecule has 2 aliphatic rings. The number of nitrogens with zero attached hydrogens (tertiary/aromatic N) is 3. The van der Waals surface area contributed by atoms with Crippen LogP contribution in [0.2, 0.25) is 0 Å². The average Bonchev–Trinajstić information content (AvgIpc) is 3.03. The third-order valence-electron chi connectivity index (χ3n) is 4.26. The SMILES string of the molecule is Brc1cc2cn(CC3CCOC3)nc2nc1OC1CCC1. The number of aromatic nitrogens is 3. The number of fused-ring (bicyclic) bond motifs is 1. The third kappa shape index (κ3) is 2.79. The van der Waals surface area contributed by atoms with E-state index >= 15 is 0 Å². The van der Waals surface area contributed by atoms with Crippen molar-refractivity contribution in [2.24, 2.45) is 5.92 Å². The first-order valence-corrected chi connectivity index (χ1v) is 8.35. The normalized spacial score (nSPS) is 22.6. The topological polar surface area (TPSA) is 49.2 Å². The molecule has 1 saturated carbocycles. The summed E-state index contributed by atoms with van der Waals surface area (Å²) in [4.78, 5) is 4.56. The molecule has 4 rings (SSSR count).